The molecule has 0 unspecified atom stereocenters. The van der Waals surface area contributed by atoms with E-state index < -0.39 is 5.97 Å². The van der Waals surface area contributed by atoms with Crippen LogP contribution in [0.5, 0.6) is 5.75 Å². The van der Waals surface area contributed by atoms with Gasteiger partial charge < -0.3 is 9.84 Å². The van der Waals surface area contributed by atoms with Crippen LogP contribution in [0.3, 0.4) is 0 Å². The summed E-state index contributed by atoms with van der Waals surface area (Å²) < 4.78 is 7.83. The minimum absolute atomic E-state index is 0.133. The Labute approximate surface area is 112 Å². The molecular weight excluding hydrogens is 300 g/mol. The monoisotopic (exact) mass is 310 g/mol. The van der Waals surface area contributed by atoms with Crippen molar-refractivity contribution >= 4 is 21.9 Å². The number of carbonyl (C=O) groups is 1. The fraction of sp³-hybridized carbons (Fsp3) is 0.167. The maximum atomic E-state index is 11.1. The van der Waals surface area contributed by atoms with Gasteiger partial charge in [-0.25, -0.2) is 4.79 Å². The highest BCUT2D eigenvalue weighted by Gasteiger charge is 2.14. The third kappa shape index (κ3) is 2.70. The zero-order chi connectivity index (χ0) is 13.1. The van der Waals surface area contributed by atoms with Gasteiger partial charge in [-0.1, -0.05) is 6.07 Å². The van der Waals surface area contributed by atoms with Gasteiger partial charge in [-0.05, 0) is 28.1 Å². The van der Waals surface area contributed by atoms with E-state index in [0.717, 1.165) is 5.56 Å². The molecule has 2 aromatic rings. The van der Waals surface area contributed by atoms with Gasteiger partial charge in [0.15, 0.2) is 0 Å². The highest BCUT2D eigenvalue weighted by molar-refractivity contribution is 9.10. The lowest BCUT2D eigenvalue weighted by molar-refractivity contribution is 0.0691. The number of benzene rings is 1. The molecule has 0 bridgehead atoms. The lowest BCUT2D eigenvalue weighted by Gasteiger charge is -2.09. The SMILES string of the molecule is Cn1cc(COc2c(Br)cccc2C(=O)O)cn1. The number of nitrogens with zero attached hydrogens (tertiary/aromatic N) is 2. The average molecular weight is 311 g/mol. The van der Waals surface area contributed by atoms with E-state index in [9.17, 15) is 4.79 Å². The number of hydrogen-bond acceptors (Lipinski definition) is 3. The predicted molar refractivity (Wildman–Crippen MR) is 68.6 cm³/mol. The molecule has 1 aromatic heterocycles. The molecule has 0 amide bonds. The standard InChI is InChI=1S/C12H11BrN2O3/c1-15-6-8(5-14-15)7-18-11-9(12(16)17)3-2-4-10(11)13/h2-6H,7H2,1H3,(H,16,17). The van der Waals surface area contributed by atoms with Gasteiger partial charge in [0.25, 0.3) is 0 Å². The molecule has 0 atom stereocenters. The van der Waals surface area contributed by atoms with E-state index in [0.29, 0.717) is 10.2 Å². The van der Waals surface area contributed by atoms with E-state index >= 15 is 0 Å². The highest BCUT2D eigenvalue weighted by atomic mass is 79.9. The first-order valence-electron chi connectivity index (χ1n) is 5.20. The molecule has 1 heterocycles. The second-order valence-electron chi connectivity index (χ2n) is 3.73. The molecule has 0 saturated heterocycles. The summed E-state index contributed by atoms with van der Waals surface area (Å²) in [6.45, 7) is 0.275. The predicted octanol–water partition coefficient (Wildman–Crippen LogP) is 2.46. The number of aryl methyl sites for hydroxylation is 1. The van der Waals surface area contributed by atoms with Gasteiger partial charge >= 0.3 is 5.97 Å². The van der Waals surface area contributed by atoms with Crippen molar-refractivity contribution < 1.29 is 14.6 Å². The number of ether oxygens (including phenoxy) is 1. The number of carboxylic acid groups (broad SMARTS) is 1. The van der Waals surface area contributed by atoms with Crippen LogP contribution in [-0.4, -0.2) is 20.9 Å². The topological polar surface area (TPSA) is 64.3 Å². The molecule has 0 fully saturated rings. The summed E-state index contributed by atoms with van der Waals surface area (Å²) >= 11 is 3.29. The van der Waals surface area contributed by atoms with Gasteiger partial charge in [-0.3, -0.25) is 4.68 Å². The number of aromatic nitrogens is 2. The van der Waals surface area contributed by atoms with Crippen molar-refractivity contribution in [1.82, 2.24) is 9.78 Å². The first-order valence-corrected chi connectivity index (χ1v) is 5.99. The van der Waals surface area contributed by atoms with Gasteiger partial charge in [0, 0.05) is 18.8 Å². The summed E-state index contributed by atoms with van der Waals surface area (Å²) in [7, 11) is 1.81. The molecule has 6 heteroatoms. The third-order valence-corrected chi connectivity index (χ3v) is 2.96. The number of rotatable bonds is 4. The van der Waals surface area contributed by atoms with Crippen LogP contribution in [0.1, 0.15) is 15.9 Å². The van der Waals surface area contributed by atoms with Crippen molar-refractivity contribution in [3.05, 3.63) is 46.2 Å². The number of hydrogen-bond donors (Lipinski definition) is 1. The van der Waals surface area contributed by atoms with Crippen molar-refractivity contribution in [3.8, 4) is 5.75 Å². The molecule has 2 rings (SSSR count). The summed E-state index contributed by atoms with van der Waals surface area (Å²) in [4.78, 5) is 11.1. The molecule has 94 valence electrons. The quantitative estimate of drug-likeness (QED) is 0.942. The summed E-state index contributed by atoms with van der Waals surface area (Å²) in [6, 6.07) is 4.90. The smallest absolute Gasteiger partial charge is 0.339 e. The summed E-state index contributed by atoms with van der Waals surface area (Å²) in [6.07, 6.45) is 3.49. The fourth-order valence-electron chi connectivity index (χ4n) is 1.53. The number of para-hydroxylation sites is 1. The van der Waals surface area contributed by atoms with Crippen LogP contribution in [0.4, 0.5) is 0 Å². The van der Waals surface area contributed by atoms with Crippen molar-refractivity contribution in [2.45, 2.75) is 6.61 Å². The van der Waals surface area contributed by atoms with E-state index in [1.165, 1.54) is 6.07 Å². The largest absolute Gasteiger partial charge is 0.487 e. The molecule has 0 aliphatic heterocycles. The van der Waals surface area contributed by atoms with Crippen LogP contribution in [0, 0.1) is 0 Å². The van der Waals surface area contributed by atoms with Gasteiger partial charge in [0.05, 0.1) is 10.7 Å². The zero-order valence-corrected chi connectivity index (χ0v) is 11.2. The van der Waals surface area contributed by atoms with E-state index in [-0.39, 0.29) is 12.2 Å². The van der Waals surface area contributed by atoms with Crippen molar-refractivity contribution in [3.63, 3.8) is 0 Å². The Hall–Kier alpha value is -1.82. The Bertz CT molecular complexity index is 580. The summed E-state index contributed by atoms with van der Waals surface area (Å²) in [5.74, 6) is -0.689. The van der Waals surface area contributed by atoms with E-state index in [4.69, 9.17) is 9.84 Å². The van der Waals surface area contributed by atoms with Crippen molar-refractivity contribution in [2.75, 3.05) is 0 Å². The summed E-state index contributed by atoms with van der Waals surface area (Å²) in [5, 5.41) is 13.1. The second kappa shape index (κ2) is 5.22. The Morgan fingerprint density at radius 1 is 1.56 bits per heavy atom. The third-order valence-electron chi connectivity index (χ3n) is 2.34. The molecular formula is C12H11BrN2O3. The Morgan fingerprint density at radius 3 is 2.94 bits per heavy atom. The molecule has 5 nitrogen and oxygen atoms in total. The van der Waals surface area contributed by atoms with Crippen LogP contribution in [0.2, 0.25) is 0 Å². The molecule has 1 aromatic carbocycles. The molecule has 0 saturated carbocycles. The molecule has 18 heavy (non-hydrogen) atoms. The zero-order valence-electron chi connectivity index (χ0n) is 9.63. The van der Waals surface area contributed by atoms with E-state index in [2.05, 4.69) is 21.0 Å². The Balaban J connectivity index is 2.20. The average Bonchev–Trinajstić information content (AvgIpc) is 2.73. The van der Waals surface area contributed by atoms with Gasteiger partial charge in [0.2, 0.25) is 0 Å². The minimum atomic E-state index is -1.02. The lowest BCUT2D eigenvalue weighted by Crippen LogP contribution is -2.03. The van der Waals surface area contributed by atoms with Crippen LogP contribution >= 0.6 is 15.9 Å². The molecule has 0 spiro atoms. The molecule has 1 N–H and O–H groups in total. The van der Waals surface area contributed by atoms with Gasteiger partial charge in [-0.2, -0.15) is 5.10 Å². The Kier molecular flexibility index (Phi) is 3.66. The Morgan fingerprint density at radius 2 is 2.33 bits per heavy atom. The number of aromatic carboxylic acids is 1. The second-order valence-corrected chi connectivity index (χ2v) is 4.59. The number of carboxylic acids is 1. The van der Waals surface area contributed by atoms with E-state index in [1.807, 2.05) is 13.2 Å². The normalized spacial score (nSPS) is 10.3. The number of halogens is 1. The highest BCUT2D eigenvalue weighted by Crippen LogP contribution is 2.29. The molecule has 0 radical (unpaired) electrons. The van der Waals surface area contributed by atoms with Crippen LogP contribution in [0.25, 0.3) is 0 Å². The van der Waals surface area contributed by atoms with Crippen LogP contribution in [-0.2, 0) is 13.7 Å². The van der Waals surface area contributed by atoms with Crippen LogP contribution < -0.4 is 4.74 Å². The van der Waals surface area contributed by atoms with Crippen LogP contribution in [0.15, 0.2) is 35.1 Å². The maximum absolute atomic E-state index is 11.1. The maximum Gasteiger partial charge on any atom is 0.339 e. The minimum Gasteiger partial charge on any atom is -0.487 e. The molecule has 0 aliphatic carbocycles. The fourth-order valence-corrected chi connectivity index (χ4v) is 2.01. The molecule has 0 aliphatic rings. The first-order chi connectivity index (χ1) is 8.58. The van der Waals surface area contributed by atoms with E-state index in [1.54, 1.807) is 23.0 Å². The summed E-state index contributed by atoms with van der Waals surface area (Å²) in [5.41, 5.74) is 1.01. The van der Waals surface area contributed by atoms with Crippen molar-refractivity contribution in [2.24, 2.45) is 7.05 Å². The first kappa shape index (κ1) is 12.6. The van der Waals surface area contributed by atoms with Crippen molar-refractivity contribution in [1.29, 1.82) is 0 Å². The van der Waals surface area contributed by atoms with Gasteiger partial charge in [-0.15, -0.1) is 0 Å². The lowest BCUT2D eigenvalue weighted by atomic mass is 10.2. The van der Waals surface area contributed by atoms with Gasteiger partial charge in [0.1, 0.15) is 17.9 Å².